The van der Waals surface area contributed by atoms with E-state index in [9.17, 15) is 9.59 Å². The molecule has 0 aliphatic carbocycles. The zero-order chi connectivity index (χ0) is 18.2. The Morgan fingerprint density at radius 3 is 2.88 bits per heavy atom. The van der Waals surface area contributed by atoms with Crippen LogP contribution in [0.2, 0.25) is 5.02 Å². The van der Waals surface area contributed by atoms with Crippen LogP contribution in [-0.4, -0.2) is 43.8 Å². The molecule has 0 bridgehead atoms. The van der Waals surface area contributed by atoms with Crippen molar-refractivity contribution in [3.63, 3.8) is 0 Å². The van der Waals surface area contributed by atoms with Crippen LogP contribution < -0.4 is 15.4 Å². The maximum absolute atomic E-state index is 12.1. The van der Waals surface area contributed by atoms with Gasteiger partial charge in [0, 0.05) is 31.5 Å². The van der Waals surface area contributed by atoms with Crippen molar-refractivity contribution in [2.24, 2.45) is 5.16 Å². The molecule has 0 spiro atoms. The maximum Gasteiger partial charge on any atom is 0.264 e. The number of benzene rings is 1. The van der Waals surface area contributed by atoms with Gasteiger partial charge in [-0.2, -0.15) is 0 Å². The van der Waals surface area contributed by atoms with Crippen LogP contribution in [0.3, 0.4) is 0 Å². The molecule has 1 aliphatic heterocycles. The molecular formula is C17H22ClN3O4. The molecule has 8 heteroatoms. The van der Waals surface area contributed by atoms with E-state index < -0.39 is 6.10 Å². The van der Waals surface area contributed by atoms with Crippen LogP contribution >= 0.6 is 11.6 Å². The Balaban J connectivity index is 1.83. The van der Waals surface area contributed by atoms with Crippen molar-refractivity contribution >= 4 is 29.1 Å². The molecule has 25 heavy (non-hydrogen) atoms. The van der Waals surface area contributed by atoms with Gasteiger partial charge in [-0.15, -0.1) is 0 Å². The van der Waals surface area contributed by atoms with E-state index in [0.29, 0.717) is 35.0 Å². The van der Waals surface area contributed by atoms with Crippen LogP contribution in [0.4, 0.5) is 0 Å². The Morgan fingerprint density at radius 2 is 2.16 bits per heavy atom. The van der Waals surface area contributed by atoms with Crippen LogP contribution in [0, 0.1) is 0 Å². The molecule has 2 amide bonds. The molecule has 0 saturated heterocycles. The molecule has 2 rings (SSSR count). The van der Waals surface area contributed by atoms with Crippen molar-refractivity contribution in [2.75, 3.05) is 20.2 Å². The highest BCUT2D eigenvalue weighted by Gasteiger charge is 2.29. The topological polar surface area (TPSA) is 89.0 Å². The van der Waals surface area contributed by atoms with E-state index in [1.807, 2.05) is 6.92 Å². The molecule has 1 heterocycles. The summed E-state index contributed by atoms with van der Waals surface area (Å²) in [6.45, 7) is 2.87. The quantitative estimate of drug-likeness (QED) is 0.734. The fraction of sp³-hybridized carbons (Fsp3) is 0.471. The van der Waals surface area contributed by atoms with Crippen LogP contribution in [0.5, 0.6) is 5.75 Å². The number of methoxy groups -OCH3 is 1. The maximum atomic E-state index is 12.1. The fourth-order valence-corrected chi connectivity index (χ4v) is 2.52. The predicted octanol–water partition coefficient (Wildman–Crippen LogP) is 1.87. The second-order valence-corrected chi connectivity index (χ2v) is 5.98. The molecule has 1 atom stereocenters. The van der Waals surface area contributed by atoms with Crippen molar-refractivity contribution in [1.82, 2.24) is 10.6 Å². The minimum atomic E-state index is -0.726. The van der Waals surface area contributed by atoms with Crippen LogP contribution in [0.25, 0.3) is 0 Å². The monoisotopic (exact) mass is 367 g/mol. The van der Waals surface area contributed by atoms with Crippen molar-refractivity contribution < 1.29 is 19.2 Å². The third kappa shape index (κ3) is 5.35. The SMILES string of the molecule is CCCNC(=O)CCNC(=O)C1CC(c2cc(OC)ccc2Cl)=NO1. The normalized spacial score (nSPS) is 16.0. The van der Waals surface area contributed by atoms with Crippen LogP contribution in [0.15, 0.2) is 23.4 Å². The largest absolute Gasteiger partial charge is 0.497 e. The highest BCUT2D eigenvalue weighted by atomic mass is 35.5. The van der Waals surface area contributed by atoms with E-state index in [1.165, 1.54) is 0 Å². The van der Waals surface area contributed by atoms with Gasteiger partial charge in [0.25, 0.3) is 5.91 Å². The van der Waals surface area contributed by atoms with Crippen LogP contribution in [0.1, 0.15) is 31.7 Å². The number of hydrogen-bond acceptors (Lipinski definition) is 5. The molecule has 1 aliphatic rings. The van der Waals surface area contributed by atoms with Gasteiger partial charge >= 0.3 is 0 Å². The molecule has 136 valence electrons. The van der Waals surface area contributed by atoms with Gasteiger partial charge < -0.3 is 20.2 Å². The smallest absolute Gasteiger partial charge is 0.264 e. The summed E-state index contributed by atoms with van der Waals surface area (Å²) in [5.41, 5.74) is 1.26. The Labute approximate surface area is 151 Å². The number of nitrogens with zero attached hydrogens (tertiary/aromatic N) is 1. The van der Waals surface area contributed by atoms with Gasteiger partial charge in [0.05, 0.1) is 17.8 Å². The number of carbonyl (C=O) groups excluding carboxylic acids is 2. The first-order valence-electron chi connectivity index (χ1n) is 8.16. The standard InChI is InChI=1S/C17H22ClN3O4/c1-3-7-19-16(22)6-8-20-17(23)15-10-14(21-25-15)12-9-11(24-2)4-5-13(12)18/h4-5,9,15H,3,6-8,10H2,1-2H3,(H,19,22)(H,20,23). The lowest BCUT2D eigenvalue weighted by Crippen LogP contribution is -2.37. The third-order valence-electron chi connectivity index (χ3n) is 3.67. The summed E-state index contributed by atoms with van der Waals surface area (Å²) in [5.74, 6) is 0.253. The first-order chi connectivity index (χ1) is 12.0. The third-order valence-corrected chi connectivity index (χ3v) is 4.00. The van der Waals surface area contributed by atoms with Gasteiger partial charge in [-0.3, -0.25) is 9.59 Å². The average molecular weight is 368 g/mol. The molecule has 7 nitrogen and oxygen atoms in total. The van der Waals surface area contributed by atoms with E-state index >= 15 is 0 Å². The number of halogens is 1. The number of carbonyl (C=O) groups is 2. The molecule has 0 radical (unpaired) electrons. The van der Waals surface area contributed by atoms with E-state index in [4.69, 9.17) is 21.2 Å². The van der Waals surface area contributed by atoms with E-state index in [1.54, 1.807) is 25.3 Å². The van der Waals surface area contributed by atoms with Gasteiger partial charge in [0.15, 0.2) is 0 Å². The first kappa shape index (κ1) is 19.1. The Morgan fingerprint density at radius 1 is 1.36 bits per heavy atom. The highest BCUT2D eigenvalue weighted by Crippen LogP contribution is 2.26. The number of rotatable bonds is 8. The van der Waals surface area contributed by atoms with Crippen LogP contribution in [-0.2, 0) is 14.4 Å². The number of ether oxygens (including phenoxy) is 1. The summed E-state index contributed by atoms with van der Waals surface area (Å²) in [5, 5.41) is 9.91. The summed E-state index contributed by atoms with van der Waals surface area (Å²) < 4.78 is 5.18. The Bertz CT molecular complexity index is 663. The molecule has 0 saturated carbocycles. The van der Waals surface area contributed by atoms with Gasteiger partial charge in [0.1, 0.15) is 5.75 Å². The first-order valence-corrected chi connectivity index (χ1v) is 8.54. The second-order valence-electron chi connectivity index (χ2n) is 5.57. The molecule has 2 N–H and O–H groups in total. The predicted molar refractivity (Wildman–Crippen MR) is 95.0 cm³/mol. The molecule has 1 unspecified atom stereocenters. The molecule has 0 aromatic heterocycles. The van der Waals surface area contributed by atoms with E-state index in [0.717, 1.165) is 6.42 Å². The van der Waals surface area contributed by atoms with Gasteiger partial charge in [-0.1, -0.05) is 23.7 Å². The second kappa shape index (κ2) is 9.27. The van der Waals surface area contributed by atoms with Crippen molar-refractivity contribution in [3.05, 3.63) is 28.8 Å². The zero-order valence-corrected chi connectivity index (χ0v) is 15.1. The Hall–Kier alpha value is -2.28. The molecule has 0 fully saturated rings. The highest BCUT2D eigenvalue weighted by molar-refractivity contribution is 6.34. The summed E-state index contributed by atoms with van der Waals surface area (Å²) >= 11 is 6.18. The van der Waals surface area contributed by atoms with E-state index in [-0.39, 0.29) is 24.8 Å². The van der Waals surface area contributed by atoms with Crippen molar-refractivity contribution in [1.29, 1.82) is 0 Å². The summed E-state index contributed by atoms with van der Waals surface area (Å²) in [6.07, 6.45) is 0.686. The number of amides is 2. The fourth-order valence-electron chi connectivity index (χ4n) is 2.30. The van der Waals surface area contributed by atoms with E-state index in [2.05, 4.69) is 15.8 Å². The van der Waals surface area contributed by atoms with Gasteiger partial charge in [0.2, 0.25) is 12.0 Å². The molecule has 1 aromatic rings. The number of oxime groups is 1. The minimum Gasteiger partial charge on any atom is -0.497 e. The number of hydrogen-bond donors (Lipinski definition) is 2. The summed E-state index contributed by atoms with van der Waals surface area (Å²) in [6, 6.07) is 5.21. The van der Waals surface area contributed by atoms with Crippen molar-refractivity contribution in [3.8, 4) is 5.75 Å². The van der Waals surface area contributed by atoms with Gasteiger partial charge in [-0.25, -0.2) is 0 Å². The number of nitrogens with one attached hydrogen (secondary N) is 2. The minimum absolute atomic E-state index is 0.0883. The lowest BCUT2D eigenvalue weighted by molar-refractivity contribution is -0.131. The summed E-state index contributed by atoms with van der Waals surface area (Å²) in [4.78, 5) is 28.8. The lowest BCUT2D eigenvalue weighted by Gasteiger charge is -2.10. The lowest BCUT2D eigenvalue weighted by atomic mass is 10.0. The Kier molecular flexibility index (Phi) is 7.06. The zero-order valence-electron chi connectivity index (χ0n) is 14.3. The van der Waals surface area contributed by atoms with Gasteiger partial charge in [-0.05, 0) is 24.6 Å². The molecular weight excluding hydrogens is 346 g/mol. The average Bonchev–Trinajstić information content (AvgIpc) is 3.10. The molecule has 1 aromatic carbocycles. The van der Waals surface area contributed by atoms with Crippen molar-refractivity contribution in [2.45, 2.75) is 32.3 Å². The summed E-state index contributed by atoms with van der Waals surface area (Å²) in [7, 11) is 1.56.